The van der Waals surface area contributed by atoms with Gasteiger partial charge in [0.25, 0.3) is 0 Å². The smallest absolute Gasteiger partial charge is 0.164 e. The maximum Gasteiger partial charge on any atom is 0.164 e. The number of rotatable bonds is 9. The van der Waals surface area contributed by atoms with Crippen LogP contribution in [-0.4, -0.2) is 26.6 Å². The third kappa shape index (κ3) is 7.78. The van der Waals surface area contributed by atoms with Crippen molar-refractivity contribution in [1.29, 1.82) is 0 Å². The molecule has 2 heterocycles. The van der Waals surface area contributed by atoms with E-state index < -0.39 is 0 Å². The number of hydrogen-bond acceptors (Lipinski definition) is 6. The molecule has 284 valence electrons. The fourth-order valence-corrected chi connectivity index (χ4v) is 7.48. The van der Waals surface area contributed by atoms with Crippen LogP contribution < -0.4 is 5.32 Å². The van der Waals surface area contributed by atoms with E-state index in [-0.39, 0.29) is 6.17 Å². The van der Waals surface area contributed by atoms with Crippen LogP contribution in [0.15, 0.2) is 228 Å². The lowest BCUT2D eigenvalue weighted by molar-refractivity contribution is 0.674. The van der Waals surface area contributed by atoms with Gasteiger partial charge in [-0.15, -0.1) is 0 Å². The Hall–Kier alpha value is -8.09. The minimum absolute atomic E-state index is 0.380. The molecule has 0 saturated carbocycles. The zero-order valence-corrected chi connectivity index (χ0v) is 32.6. The molecule has 1 aliphatic rings. The topological polar surface area (TPSA) is 75.4 Å². The Morgan fingerprint density at radius 2 is 0.683 bits per heavy atom. The van der Waals surface area contributed by atoms with E-state index in [0.29, 0.717) is 23.3 Å². The Kier molecular flexibility index (Phi) is 9.92. The molecule has 60 heavy (non-hydrogen) atoms. The largest absolute Gasteiger partial charge is 0.344 e. The van der Waals surface area contributed by atoms with Crippen LogP contribution >= 0.6 is 0 Å². The summed E-state index contributed by atoms with van der Waals surface area (Å²) in [4.78, 5) is 25.1. The van der Waals surface area contributed by atoms with Crippen molar-refractivity contribution in [3.63, 3.8) is 0 Å². The fraction of sp³-hybridized carbons (Fsp3) is 0.0185. The van der Waals surface area contributed by atoms with E-state index >= 15 is 0 Å². The minimum Gasteiger partial charge on any atom is -0.344 e. The first-order valence-corrected chi connectivity index (χ1v) is 20.0. The van der Waals surface area contributed by atoms with Gasteiger partial charge >= 0.3 is 0 Å². The molecule has 0 fully saturated rings. The maximum atomic E-state index is 5.19. The van der Waals surface area contributed by atoms with Gasteiger partial charge in [0, 0.05) is 27.8 Å². The molecule has 9 aromatic rings. The van der Waals surface area contributed by atoms with Crippen molar-refractivity contribution in [2.45, 2.75) is 6.17 Å². The number of aromatic nitrogens is 3. The highest BCUT2D eigenvalue weighted by atomic mass is 15.2. The van der Waals surface area contributed by atoms with E-state index in [9.17, 15) is 0 Å². The average Bonchev–Trinajstić information content (AvgIpc) is 3.35. The molecule has 1 atom stereocenters. The summed E-state index contributed by atoms with van der Waals surface area (Å²) in [5, 5.41) is 3.69. The van der Waals surface area contributed by atoms with Crippen molar-refractivity contribution in [3.8, 4) is 67.5 Å². The predicted molar refractivity (Wildman–Crippen MR) is 244 cm³/mol. The first-order valence-electron chi connectivity index (χ1n) is 20.0. The number of nitrogens with one attached hydrogen (secondary N) is 1. The van der Waals surface area contributed by atoms with Crippen LogP contribution in [0.4, 0.5) is 0 Å². The summed E-state index contributed by atoms with van der Waals surface area (Å²) in [5.41, 5.74) is 12.5. The fourth-order valence-electron chi connectivity index (χ4n) is 7.48. The third-order valence-electron chi connectivity index (χ3n) is 10.6. The van der Waals surface area contributed by atoms with E-state index in [1.807, 2.05) is 84.9 Å². The van der Waals surface area contributed by atoms with Gasteiger partial charge in [-0.25, -0.2) is 24.9 Å². The number of aliphatic imine (C=N–C) groups is 2. The van der Waals surface area contributed by atoms with E-state index in [1.165, 1.54) is 11.1 Å². The van der Waals surface area contributed by atoms with E-state index in [1.54, 1.807) is 0 Å². The molecular formula is C54H38N6. The molecule has 6 nitrogen and oxygen atoms in total. The molecule has 1 aromatic heterocycles. The van der Waals surface area contributed by atoms with Gasteiger partial charge in [0.1, 0.15) is 12.0 Å². The minimum atomic E-state index is -0.380. The zero-order chi connectivity index (χ0) is 40.1. The summed E-state index contributed by atoms with van der Waals surface area (Å²) in [7, 11) is 0. The molecule has 0 saturated heterocycles. The van der Waals surface area contributed by atoms with E-state index in [0.717, 1.165) is 61.5 Å². The van der Waals surface area contributed by atoms with Crippen LogP contribution in [0.2, 0.25) is 0 Å². The molecule has 0 radical (unpaired) electrons. The van der Waals surface area contributed by atoms with E-state index in [4.69, 9.17) is 24.9 Å². The average molecular weight is 771 g/mol. The number of amidine groups is 2. The highest BCUT2D eigenvalue weighted by Crippen LogP contribution is 2.32. The molecule has 0 aliphatic carbocycles. The van der Waals surface area contributed by atoms with E-state index in [2.05, 4.69) is 139 Å². The summed E-state index contributed by atoms with van der Waals surface area (Å²) in [6.45, 7) is 0. The summed E-state index contributed by atoms with van der Waals surface area (Å²) in [5.74, 6) is 3.32. The lowest BCUT2D eigenvalue weighted by Crippen LogP contribution is -2.33. The third-order valence-corrected chi connectivity index (χ3v) is 10.6. The number of benzene rings is 8. The normalized spacial score (nSPS) is 13.5. The summed E-state index contributed by atoms with van der Waals surface area (Å²) in [6, 6.07) is 74.9. The summed E-state index contributed by atoms with van der Waals surface area (Å²) < 4.78 is 0. The summed E-state index contributed by atoms with van der Waals surface area (Å²) >= 11 is 0. The second-order valence-electron chi connectivity index (χ2n) is 14.6. The van der Waals surface area contributed by atoms with Gasteiger partial charge in [0.05, 0.1) is 0 Å². The molecule has 0 amide bonds. The molecule has 8 aromatic carbocycles. The molecule has 0 bridgehead atoms. The first-order chi connectivity index (χ1) is 29.7. The monoisotopic (exact) mass is 770 g/mol. The highest BCUT2D eigenvalue weighted by Gasteiger charge is 2.22. The molecule has 1 N–H and O–H groups in total. The molecule has 1 aliphatic heterocycles. The van der Waals surface area contributed by atoms with Crippen molar-refractivity contribution >= 4 is 11.7 Å². The molecule has 6 heteroatoms. The van der Waals surface area contributed by atoms with Gasteiger partial charge in [-0.3, -0.25) is 0 Å². The molecule has 10 rings (SSSR count). The van der Waals surface area contributed by atoms with Crippen LogP contribution in [0, 0.1) is 0 Å². The Labute approximate surface area is 349 Å². The van der Waals surface area contributed by atoms with Crippen molar-refractivity contribution < 1.29 is 0 Å². The Morgan fingerprint density at radius 1 is 0.300 bits per heavy atom. The summed E-state index contributed by atoms with van der Waals surface area (Å²) in [6.07, 6.45) is -0.380. The van der Waals surface area contributed by atoms with Gasteiger partial charge in [0.2, 0.25) is 0 Å². The van der Waals surface area contributed by atoms with Gasteiger partial charge in [-0.05, 0) is 57.1 Å². The van der Waals surface area contributed by atoms with Crippen LogP contribution in [0.5, 0.6) is 0 Å². The lowest BCUT2D eigenvalue weighted by atomic mass is 9.98. The van der Waals surface area contributed by atoms with Crippen LogP contribution in [0.3, 0.4) is 0 Å². The number of hydrogen-bond donors (Lipinski definition) is 1. The Bertz CT molecular complexity index is 2920. The van der Waals surface area contributed by atoms with Crippen molar-refractivity contribution in [2.24, 2.45) is 9.98 Å². The standard InChI is InChI=1S/C54H38N6/c1-5-16-37(17-6-1)38-30-32-39(33-31-38)43-24-13-27-46(34-43)53-58-51(42-22-11-4-12-23-42)59-54(60-53)48-29-15-26-45(36-48)44-25-14-28-47(35-44)52-56-49(40-18-7-2-8-19-40)55-50(57-52)41-20-9-3-10-21-41/h1-36,54H,(H,58,59,60). The van der Waals surface area contributed by atoms with Crippen molar-refractivity contribution in [3.05, 3.63) is 235 Å². The van der Waals surface area contributed by atoms with Gasteiger partial charge in [-0.1, -0.05) is 200 Å². The molecular weight excluding hydrogens is 733 g/mol. The van der Waals surface area contributed by atoms with Crippen molar-refractivity contribution in [2.75, 3.05) is 0 Å². The predicted octanol–water partition coefficient (Wildman–Crippen LogP) is 12.4. The highest BCUT2D eigenvalue weighted by molar-refractivity contribution is 6.13. The lowest BCUT2D eigenvalue weighted by Gasteiger charge is -2.24. The Balaban J connectivity index is 0.979. The molecule has 0 spiro atoms. The van der Waals surface area contributed by atoms with Gasteiger partial charge in [-0.2, -0.15) is 0 Å². The van der Waals surface area contributed by atoms with Crippen LogP contribution in [0.1, 0.15) is 22.9 Å². The second-order valence-corrected chi connectivity index (χ2v) is 14.6. The Morgan fingerprint density at radius 3 is 1.27 bits per heavy atom. The van der Waals surface area contributed by atoms with Crippen LogP contribution in [-0.2, 0) is 0 Å². The zero-order valence-electron chi connectivity index (χ0n) is 32.6. The van der Waals surface area contributed by atoms with Gasteiger partial charge in [0.15, 0.2) is 23.3 Å². The molecule has 1 unspecified atom stereocenters. The number of nitrogens with zero attached hydrogens (tertiary/aromatic N) is 5. The second kappa shape index (κ2) is 16.4. The van der Waals surface area contributed by atoms with Crippen molar-refractivity contribution in [1.82, 2.24) is 20.3 Å². The first kappa shape index (κ1) is 36.3. The van der Waals surface area contributed by atoms with Crippen LogP contribution in [0.25, 0.3) is 67.5 Å². The SMILES string of the molecule is c1ccc(C2=NC(c3cccc(-c4cccc(-c5nc(-c6ccccc6)nc(-c6ccccc6)n5)c4)c3)NC(c3cccc(-c4ccc(-c5ccccc5)cc4)c3)=N2)cc1. The van der Waals surface area contributed by atoms with Gasteiger partial charge < -0.3 is 5.32 Å². The quantitative estimate of drug-likeness (QED) is 0.159. The maximum absolute atomic E-state index is 5.19.